The smallest absolute Gasteiger partial charge is 0.193 e. The van der Waals surface area contributed by atoms with E-state index in [1.165, 1.54) is 17.7 Å². The molecule has 24 heavy (non-hydrogen) atoms. The zero-order chi connectivity index (χ0) is 17.1. The van der Waals surface area contributed by atoms with Crippen LogP contribution in [-0.4, -0.2) is 36.1 Å². The first-order valence-corrected chi connectivity index (χ1v) is 9.15. The minimum Gasteiger partial charge on any atom is -0.356 e. The summed E-state index contributed by atoms with van der Waals surface area (Å²) in [4.78, 5) is 6.60. The van der Waals surface area contributed by atoms with E-state index in [0.29, 0.717) is 11.8 Å². The second kappa shape index (κ2) is 7.43. The summed E-state index contributed by atoms with van der Waals surface area (Å²) >= 11 is 3.53. The number of aromatic nitrogens is 1. The van der Waals surface area contributed by atoms with Crippen molar-refractivity contribution in [3.8, 4) is 0 Å². The summed E-state index contributed by atoms with van der Waals surface area (Å²) < 4.78 is 3.25. The average molecular weight is 389 g/mol. The van der Waals surface area contributed by atoms with E-state index in [0.717, 1.165) is 23.5 Å². The van der Waals surface area contributed by atoms with Crippen LogP contribution in [0, 0.1) is 5.92 Å². The molecule has 1 N–H and O–H groups in total. The molecule has 0 bridgehead atoms. The van der Waals surface area contributed by atoms with Crippen molar-refractivity contribution in [3.05, 3.63) is 58.3 Å². The number of benzene rings is 1. The van der Waals surface area contributed by atoms with Gasteiger partial charge >= 0.3 is 0 Å². The monoisotopic (exact) mass is 388 g/mol. The van der Waals surface area contributed by atoms with Gasteiger partial charge in [-0.25, -0.2) is 0 Å². The van der Waals surface area contributed by atoms with Crippen LogP contribution in [-0.2, 0) is 13.6 Å². The molecule has 2 atom stereocenters. The molecule has 1 aromatic heterocycles. The molecule has 1 heterocycles. The lowest BCUT2D eigenvalue weighted by atomic mass is 10.1. The minimum atomic E-state index is 0.700. The van der Waals surface area contributed by atoms with E-state index in [2.05, 4.69) is 92.4 Å². The Balaban J connectivity index is 1.51. The quantitative estimate of drug-likeness (QED) is 0.626. The van der Waals surface area contributed by atoms with Gasteiger partial charge in [0, 0.05) is 44.1 Å². The Morgan fingerprint density at radius 2 is 2.12 bits per heavy atom. The maximum atomic E-state index is 4.43. The summed E-state index contributed by atoms with van der Waals surface area (Å²) in [5.74, 6) is 2.36. The van der Waals surface area contributed by atoms with Crippen LogP contribution in [0.5, 0.6) is 0 Å². The Morgan fingerprint density at radius 3 is 2.75 bits per heavy atom. The summed E-state index contributed by atoms with van der Waals surface area (Å²) in [5, 5.41) is 3.53. The second-order valence-electron chi connectivity index (χ2n) is 6.56. The van der Waals surface area contributed by atoms with Crippen molar-refractivity contribution in [1.82, 2.24) is 14.8 Å². The third-order valence-electron chi connectivity index (χ3n) is 4.72. The molecule has 1 aromatic carbocycles. The first-order valence-electron chi connectivity index (χ1n) is 8.36. The summed E-state index contributed by atoms with van der Waals surface area (Å²) in [7, 11) is 6.00. The Labute approximate surface area is 152 Å². The van der Waals surface area contributed by atoms with Crippen LogP contribution in [0.25, 0.3) is 0 Å². The van der Waals surface area contributed by atoms with Crippen molar-refractivity contribution in [2.75, 3.05) is 20.6 Å². The molecule has 1 aliphatic rings. The van der Waals surface area contributed by atoms with E-state index in [9.17, 15) is 0 Å². The van der Waals surface area contributed by atoms with E-state index in [1.54, 1.807) is 0 Å². The van der Waals surface area contributed by atoms with E-state index < -0.39 is 0 Å². The van der Waals surface area contributed by atoms with Gasteiger partial charge in [0.1, 0.15) is 0 Å². The number of guanidine groups is 1. The third-order valence-corrected chi connectivity index (χ3v) is 5.15. The molecule has 1 fully saturated rings. The van der Waals surface area contributed by atoms with Crippen LogP contribution in [0.4, 0.5) is 0 Å². The molecular weight excluding hydrogens is 364 g/mol. The van der Waals surface area contributed by atoms with Crippen LogP contribution in [0.3, 0.4) is 0 Å². The maximum Gasteiger partial charge on any atom is 0.193 e. The lowest BCUT2D eigenvalue weighted by Crippen LogP contribution is -2.39. The van der Waals surface area contributed by atoms with Crippen LogP contribution in [0.2, 0.25) is 0 Å². The van der Waals surface area contributed by atoms with Crippen molar-refractivity contribution < 1.29 is 0 Å². The molecule has 3 rings (SSSR count). The number of aliphatic imine (C=N–C) groups is 1. The first-order chi connectivity index (χ1) is 11.6. The number of aryl methyl sites for hydroxylation is 1. The summed E-state index contributed by atoms with van der Waals surface area (Å²) in [6.45, 7) is 1.81. The Kier molecular flexibility index (Phi) is 5.29. The lowest BCUT2D eigenvalue weighted by molar-refractivity contribution is 0.459. The van der Waals surface area contributed by atoms with Gasteiger partial charge in [-0.15, -0.1) is 0 Å². The second-order valence-corrected chi connectivity index (χ2v) is 7.47. The number of nitrogens with zero attached hydrogens (tertiary/aromatic N) is 3. The largest absolute Gasteiger partial charge is 0.356 e. The van der Waals surface area contributed by atoms with Crippen LogP contribution in [0.15, 0.2) is 52.1 Å². The molecule has 1 saturated carbocycles. The zero-order valence-electron chi connectivity index (χ0n) is 14.5. The molecule has 2 unspecified atom stereocenters. The van der Waals surface area contributed by atoms with Gasteiger partial charge in [-0.05, 0) is 45.8 Å². The predicted octanol–water partition coefficient (Wildman–Crippen LogP) is 3.60. The zero-order valence-corrected chi connectivity index (χ0v) is 16.1. The standard InChI is InChI=1S/C19H25BrN4/c1-21-19(24(3)13-17-10-16(20)12-23(17)2)22-11-15-9-18(15)14-7-5-4-6-8-14/h4-8,10,12,15,18H,9,11,13H2,1-3H3,(H,21,22). The third kappa shape index (κ3) is 4.01. The fraction of sp³-hybridized carbons (Fsp3) is 0.421. The van der Waals surface area contributed by atoms with Gasteiger partial charge < -0.3 is 14.8 Å². The van der Waals surface area contributed by atoms with Gasteiger partial charge in [0.25, 0.3) is 0 Å². The van der Waals surface area contributed by atoms with Crippen molar-refractivity contribution >= 4 is 21.9 Å². The highest BCUT2D eigenvalue weighted by molar-refractivity contribution is 9.10. The van der Waals surface area contributed by atoms with Gasteiger partial charge in [0.2, 0.25) is 0 Å². The minimum absolute atomic E-state index is 0.700. The van der Waals surface area contributed by atoms with Crippen LogP contribution < -0.4 is 5.32 Å². The molecule has 2 aromatic rings. The Bertz CT molecular complexity index is 707. The molecule has 4 nitrogen and oxygen atoms in total. The topological polar surface area (TPSA) is 32.6 Å². The van der Waals surface area contributed by atoms with Crippen molar-refractivity contribution in [1.29, 1.82) is 0 Å². The van der Waals surface area contributed by atoms with E-state index in [1.807, 2.05) is 7.05 Å². The Hall–Kier alpha value is -1.75. The van der Waals surface area contributed by atoms with Gasteiger partial charge in [-0.2, -0.15) is 0 Å². The molecular formula is C19H25BrN4. The fourth-order valence-corrected chi connectivity index (χ4v) is 3.80. The van der Waals surface area contributed by atoms with Gasteiger partial charge in [-0.1, -0.05) is 30.3 Å². The van der Waals surface area contributed by atoms with Crippen LogP contribution in [0.1, 0.15) is 23.6 Å². The molecule has 0 saturated heterocycles. The fourth-order valence-electron chi connectivity index (χ4n) is 3.23. The molecule has 0 aliphatic heterocycles. The molecule has 1 aliphatic carbocycles. The lowest BCUT2D eigenvalue weighted by Gasteiger charge is -2.22. The molecule has 0 spiro atoms. The number of rotatable bonds is 5. The van der Waals surface area contributed by atoms with E-state index in [-0.39, 0.29) is 0 Å². The first kappa shape index (κ1) is 17.1. The van der Waals surface area contributed by atoms with Crippen LogP contribution >= 0.6 is 15.9 Å². The average Bonchev–Trinajstić information content (AvgIpc) is 3.28. The SMILES string of the molecule is CN=C(NCC1CC1c1ccccc1)N(C)Cc1cc(Br)cn1C. The highest BCUT2D eigenvalue weighted by atomic mass is 79.9. The summed E-state index contributed by atoms with van der Waals surface area (Å²) in [6.07, 6.45) is 3.34. The summed E-state index contributed by atoms with van der Waals surface area (Å²) in [6, 6.07) is 13.0. The van der Waals surface area contributed by atoms with Gasteiger partial charge in [0.05, 0.1) is 6.54 Å². The molecule has 128 valence electrons. The van der Waals surface area contributed by atoms with Crippen molar-refractivity contribution in [3.63, 3.8) is 0 Å². The molecule has 0 radical (unpaired) electrons. The number of hydrogen-bond acceptors (Lipinski definition) is 1. The normalized spacial score (nSPS) is 20.1. The van der Waals surface area contributed by atoms with E-state index >= 15 is 0 Å². The highest BCUT2D eigenvalue weighted by Crippen LogP contribution is 2.46. The van der Waals surface area contributed by atoms with Gasteiger partial charge in [-0.3, -0.25) is 4.99 Å². The molecule has 5 heteroatoms. The number of hydrogen-bond donors (Lipinski definition) is 1. The highest BCUT2D eigenvalue weighted by Gasteiger charge is 2.37. The maximum absolute atomic E-state index is 4.43. The molecule has 0 amide bonds. The summed E-state index contributed by atoms with van der Waals surface area (Å²) in [5.41, 5.74) is 2.71. The number of nitrogens with one attached hydrogen (secondary N) is 1. The van der Waals surface area contributed by atoms with Gasteiger partial charge in [0.15, 0.2) is 5.96 Å². The predicted molar refractivity (Wildman–Crippen MR) is 103 cm³/mol. The van der Waals surface area contributed by atoms with Crippen molar-refractivity contribution in [2.24, 2.45) is 18.0 Å². The van der Waals surface area contributed by atoms with Crippen molar-refractivity contribution in [2.45, 2.75) is 18.9 Å². The Morgan fingerprint density at radius 1 is 1.38 bits per heavy atom. The number of halogens is 1. The van der Waals surface area contributed by atoms with E-state index in [4.69, 9.17) is 0 Å².